The lowest BCUT2D eigenvalue weighted by Gasteiger charge is -2.13. The Kier molecular flexibility index (Phi) is 15.0. The van der Waals surface area contributed by atoms with Gasteiger partial charge in [0.1, 0.15) is 18.1 Å². The predicted molar refractivity (Wildman–Crippen MR) is 192 cm³/mol. The largest absolute Gasteiger partial charge is 0.494 e. The van der Waals surface area contributed by atoms with Crippen molar-refractivity contribution in [3.63, 3.8) is 0 Å². The van der Waals surface area contributed by atoms with Crippen LogP contribution in [-0.2, 0) is 16.1 Å². The highest BCUT2D eigenvalue weighted by Gasteiger charge is 2.17. The van der Waals surface area contributed by atoms with Crippen molar-refractivity contribution in [2.75, 3.05) is 13.2 Å². The molecule has 0 aromatic heterocycles. The summed E-state index contributed by atoms with van der Waals surface area (Å²) in [5, 5.41) is 2.17. The van der Waals surface area contributed by atoms with E-state index in [1.54, 1.807) is 0 Å². The Balaban J connectivity index is 1.21. The van der Waals surface area contributed by atoms with Gasteiger partial charge in [-0.1, -0.05) is 139 Å². The Morgan fingerprint density at radius 3 is 1.78 bits per heavy atom. The van der Waals surface area contributed by atoms with Gasteiger partial charge in [0.2, 0.25) is 0 Å². The first-order valence-corrected chi connectivity index (χ1v) is 17.7. The second-order valence-corrected chi connectivity index (χ2v) is 12.6. The molecule has 4 aromatic rings. The molecule has 0 N–H and O–H groups in total. The number of fused-ring (bicyclic) bond motifs is 1. The quantitative estimate of drug-likeness (QED) is 0.0685. The second-order valence-electron chi connectivity index (χ2n) is 12.6. The number of ether oxygens (including phenoxy) is 3. The van der Waals surface area contributed by atoms with Crippen LogP contribution in [0, 0.1) is 0 Å². The molecular formula is C42H54O4. The molecule has 0 aliphatic rings. The summed E-state index contributed by atoms with van der Waals surface area (Å²) in [5.74, 6) is 1.32. The van der Waals surface area contributed by atoms with E-state index in [-0.39, 0.29) is 11.9 Å². The molecule has 0 unspecified atom stereocenters. The van der Waals surface area contributed by atoms with Gasteiger partial charge in [-0.05, 0) is 77.1 Å². The minimum Gasteiger partial charge on any atom is -0.494 e. The number of hydrogen-bond donors (Lipinski definition) is 0. The molecule has 1 atom stereocenters. The first-order chi connectivity index (χ1) is 22.6. The Bertz CT molecular complexity index is 1440. The van der Waals surface area contributed by atoms with Gasteiger partial charge in [0.05, 0.1) is 19.1 Å². The molecule has 0 saturated heterocycles. The maximum atomic E-state index is 12.6. The smallest absolute Gasteiger partial charge is 0.313 e. The molecule has 0 spiro atoms. The Morgan fingerprint density at radius 2 is 1.11 bits per heavy atom. The van der Waals surface area contributed by atoms with Crippen LogP contribution in [0.4, 0.5) is 0 Å². The number of carbonyl (C=O) groups excluding carboxylic acids is 1. The van der Waals surface area contributed by atoms with Gasteiger partial charge in [0, 0.05) is 0 Å². The molecule has 4 rings (SSSR count). The number of carbonyl (C=O) groups is 1. The average molecular weight is 623 g/mol. The summed E-state index contributed by atoms with van der Waals surface area (Å²) in [6.45, 7) is 8.17. The van der Waals surface area contributed by atoms with Crippen LogP contribution < -0.4 is 9.47 Å². The van der Waals surface area contributed by atoms with E-state index < -0.39 is 0 Å². The molecule has 4 aromatic carbocycles. The highest BCUT2D eigenvalue weighted by molar-refractivity contribution is 5.86. The van der Waals surface area contributed by atoms with Crippen molar-refractivity contribution in [1.29, 1.82) is 0 Å². The van der Waals surface area contributed by atoms with Crippen molar-refractivity contribution in [2.24, 2.45) is 0 Å². The van der Waals surface area contributed by atoms with Gasteiger partial charge in [-0.15, -0.1) is 0 Å². The predicted octanol–water partition coefficient (Wildman–Crippen LogP) is 11.8. The third-order valence-corrected chi connectivity index (χ3v) is 8.75. The van der Waals surface area contributed by atoms with Crippen LogP contribution in [0.15, 0.2) is 84.9 Å². The molecule has 0 heterocycles. The first-order valence-electron chi connectivity index (χ1n) is 17.7. The first kappa shape index (κ1) is 35.1. The van der Waals surface area contributed by atoms with E-state index in [2.05, 4.69) is 86.6 Å². The van der Waals surface area contributed by atoms with Gasteiger partial charge in [-0.2, -0.15) is 0 Å². The zero-order valence-electron chi connectivity index (χ0n) is 28.4. The summed E-state index contributed by atoms with van der Waals surface area (Å²) >= 11 is 0. The lowest BCUT2D eigenvalue weighted by atomic mass is 9.98. The zero-order valence-corrected chi connectivity index (χ0v) is 28.4. The van der Waals surface area contributed by atoms with Crippen LogP contribution in [-0.4, -0.2) is 19.2 Å². The molecule has 4 heteroatoms. The maximum Gasteiger partial charge on any atom is 0.313 e. The zero-order chi connectivity index (χ0) is 32.4. The number of unbranched alkanes of at least 4 members (excludes halogenated alkanes) is 10. The van der Waals surface area contributed by atoms with E-state index in [1.807, 2.05) is 19.1 Å². The van der Waals surface area contributed by atoms with Gasteiger partial charge in [0.15, 0.2) is 0 Å². The van der Waals surface area contributed by atoms with E-state index >= 15 is 0 Å². The summed E-state index contributed by atoms with van der Waals surface area (Å²) < 4.78 is 17.7. The minimum atomic E-state index is -0.287. The fourth-order valence-electron chi connectivity index (χ4n) is 5.69. The molecule has 246 valence electrons. The molecule has 46 heavy (non-hydrogen) atoms. The molecule has 0 saturated carbocycles. The van der Waals surface area contributed by atoms with Gasteiger partial charge >= 0.3 is 5.97 Å². The Hall–Kier alpha value is -3.79. The van der Waals surface area contributed by atoms with E-state index in [0.717, 1.165) is 59.3 Å². The van der Waals surface area contributed by atoms with Crippen molar-refractivity contribution < 1.29 is 19.0 Å². The monoisotopic (exact) mass is 622 g/mol. The van der Waals surface area contributed by atoms with Gasteiger partial charge < -0.3 is 14.2 Å². The number of benzene rings is 4. The summed E-state index contributed by atoms with van der Waals surface area (Å²) in [7, 11) is 0. The SMILES string of the molecule is CCCCCCCCCOc1ccc(-c2ccc(COc3ccc4cc([C@H](C)C(=O)OCCCCCCC)ccc4c3)cc2)cc1. The van der Waals surface area contributed by atoms with E-state index in [0.29, 0.717) is 13.2 Å². The molecule has 0 aliphatic carbocycles. The number of esters is 1. The van der Waals surface area contributed by atoms with Gasteiger partial charge in [-0.3, -0.25) is 4.79 Å². The van der Waals surface area contributed by atoms with Crippen LogP contribution in [0.1, 0.15) is 115 Å². The standard InChI is InChI=1S/C42H54O4/c1-4-6-8-10-11-13-14-28-44-40-25-22-36(23-26-40)35-18-16-34(17-19-35)32-46-41-27-24-38-30-37(20-21-39(38)31-41)33(3)42(43)45-29-15-12-9-7-5-2/h16-27,30-31,33H,4-15,28-29,32H2,1-3H3/t33-/m0/s1. The summed E-state index contributed by atoms with van der Waals surface area (Å²) in [6.07, 6.45) is 14.8. The summed E-state index contributed by atoms with van der Waals surface area (Å²) in [5.41, 5.74) is 4.44. The maximum absolute atomic E-state index is 12.6. The highest BCUT2D eigenvalue weighted by atomic mass is 16.5. The number of rotatable bonds is 21. The van der Waals surface area contributed by atoms with Crippen molar-refractivity contribution >= 4 is 16.7 Å². The van der Waals surface area contributed by atoms with Crippen LogP contribution in [0.2, 0.25) is 0 Å². The summed E-state index contributed by atoms with van der Waals surface area (Å²) in [4.78, 5) is 12.6. The fraction of sp³-hybridized carbons (Fsp3) is 0.452. The highest BCUT2D eigenvalue weighted by Crippen LogP contribution is 2.27. The van der Waals surface area contributed by atoms with Crippen molar-refractivity contribution in [2.45, 2.75) is 110 Å². The Morgan fingerprint density at radius 1 is 0.565 bits per heavy atom. The van der Waals surface area contributed by atoms with Crippen LogP contribution >= 0.6 is 0 Å². The molecule has 4 nitrogen and oxygen atoms in total. The lowest BCUT2D eigenvalue weighted by molar-refractivity contribution is -0.145. The number of hydrogen-bond acceptors (Lipinski definition) is 4. The van der Waals surface area contributed by atoms with Crippen molar-refractivity contribution in [1.82, 2.24) is 0 Å². The second kappa shape index (κ2) is 19.7. The molecule has 0 fully saturated rings. The van der Waals surface area contributed by atoms with Crippen molar-refractivity contribution in [3.8, 4) is 22.6 Å². The van der Waals surface area contributed by atoms with E-state index in [1.165, 1.54) is 68.9 Å². The molecule has 0 bridgehead atoms. The van der Waals surface area contributed by atoms with E-state index in [9.17, 15) is 4.79 Å². The third-order valence-electron chi connectivity index (χ3n) is 8.75. The van der Waals surface area contributed by atoms with Crippen LogP contribution in [0.25, 0.3) is 21.9 Å². The topological polar surface area (TPSA) is 44.8 Å². The van der Waals surface area contributed by atoms with Crippen LogP contribution in [0.5, 0.6) is 11.5 Å². The minimum absolute atomic E-state index is 0.152. The molecule has 0 aliphatic heterocycles. The lowest BCUT2D eigenvalue weighted by Crippen LogP contribution is -2.14. The molecular weight excluding hydrogens is 568 g/mol. The average Bonchev–Trinajstić information content (AvgIpc) is 3.09. The summed E-state index contributed by atoms with van der Waals surface area (Å²) in [6, 6.07) is 29.2. The normalized spacial score (nSPS) is 11.8. The Labute approximate surface area is 277 Å². The van der Waals surface area contributed by atoms with Gasteiger partial charge in [0.25, 0.3) is 0 Å². The third kappa shape index (κ3) is 11.5. The van der Waals surface area contributed by atoms with Crippen LogP contribution in [0.3, 0.4) is 0 Å². The van der Waals surface area contributed by atoms with Crippen molar-refractivity contribution in [3.05, 3.63) is 96.1 Å². The fourth-order valence-corrected chi connectivity index (χ4v) is 5.69. The van der Waals surface area contributed by atoms with E-state index in [4.69, 9.17) is 14.2 Å². The molecule has 0 amide bonds. The van der Waals surface area contributed by atoms with Gasteiger partial charge in [-0.25, -0.2) is 0 Å². The molecule has 0 radical (unpaired) electrons.